The fraction of sp³-hybridized carbons (Fsp3) is 0.375. The molecule has 1 aromatic carbocycles. The Balaban J connectivity index is 1.88. The molecule has 3 aromatic rings. The van der Waals surface area contributed by atoms with Crippen LogP contribution in [0.15, 0.2) is 35.0 Å². The summed E-state index contributed by atoms with van der Waals surface area (Å²) in [6.45, 7) is 1.05. The van der Waals surface area contributed by atoms with E-state index in [9.17, 15) is 0 Å². The first-order valence-corrected chi connectivity index (χ1v) is 8.65. The van der Waals surface area contributed by atoms with Gasteiger partial charge in [0.1, 0.15) is 17.4 Å². The van der Waals surface area contributed by atoms with Gasteiger partial charge in [-0.15, -0.1) is 0 Å². The third kappa shape index (κ3) is 2.07. The quantitative estimate of drug-likeness (QED) is 0.737. The lowest BCUT2D eigenvalue weighted by Crippen LogP contribution is -2.31. The van der Waals surface area contributed by atoms with E-state index in [-0.39, 0.29) is 0 Å². The zero-order valence-corrected chi connectivity index (χ0v) is 12.8. The second kappa shape index (κ2) is 5.22. The maximum atomic E-state index is 6.05. The van der Waals surface area contributed by atoms with Gasteiger partial charge in [0.15, 0.2) is 11.4 Å². The number of nitrogens with zero attached hydrogens (tertiary/aromatic N) is 3. The molecule has 1 aliphatic rings. The molecular weight excluding hydrogens is 282 g/mol. The number of thioether (sulfide) groups is 1. The van der Waals surface area contributed by atoms with Crippen LogP contribution in [0.4, 0.5) is 5.82 Å². The van der Waals surface area contributed by atoms with Crippen LogP contribution < -0.4 is 4.90 Å². The minimum atomic E-state index is 0.548. The molecule has 1 unspecified atom stereocenters. The average molecular weight is 299 g/mol. The molecule has 0 saturated carbocycles. The maximum Gasteiger partial charge on any atom is 0.196 e. The van der Waals surface area contributed by atoms with Crippen LogP contribution >= 0.6 is 11.8 Å². The first kappa shape index (κ1) is 13.0. The van der Waals surface area contributed by atoms with Gasteiger partial charge in [0.25, 0.3) is 0 Å². The molecule has 1 aliphatic heterocycles. The Morgan fingerprint density at radius 3 is 3.14 bits per heavy atom. The van der Waals surface area contributed by atoms with Gasteiger partial charge in [-0.3, -0.25) is 0 Å². The van der Waals surface area contributed by atoms with Crippen LogP contribution in [0.3, 0.4) is 0 Å². The monoisotopic (exact) mass is 299 g/mol. The third-order valence-electron chi connectivity index (χ3n) is 4.15. The van der Waals surface area contributed by atoms with Crippen LogP contribution in [-0.4, -0.2) is 34.6 Å². The van der Waals surface area contributed by atoms with E-state index in [4.69, 9.17) is 4.42 Å². The van der Waals surface area contributed by atoms with Gasteiger partial charge < -0.3 is 9.32 Å². The molecule has 0 spiro atoms. The number of anilines is 1. The summed E-state index contributed by atoms with van der Waals surface area (Å²) < 4.78 is 6.05. The first-order chi connectivity index (χ1) is 10.4. The number of aromatic nitrogens is 2. The predicted molar refractivity (Wildman–Crippen MR) is 88.1 cm³/mol. The van der Waals surface area contributed by atoms with Crippen molar-refractivity contribution in [3.05, 3.63) is 30.6 Å². The van der Waals surface area contributed by atoms with E-state index >= 15 is 0 Å². The fourth-order valence-corrected chi connectivity index (χ4v) is 3.93. The van der Waals surface area contributed by atoms with Crippen molar-refractivity contribution in [2.24, 2.45) is 0 Å². The molecule has 1 atom stereocenters. The normalized spacial score (nSPS) is 18.9. The highest BCUT2D eigenvalue weighted by Crippen LogP contribution is 2.35. The third-order valence-corrected chi connectivity index (χ3v) is 4.87. The standard InChI is InChI=1S/C16H17N3OS/c1-21-9-11-5-4-8-19(11)16-15-14(17-10-18-16)12-6-2-3-7-13(12)20-15/h2-3,6-7,10-11H,4-5,8-9H2,1H3. The van der Waals surface area contributed by atoms with Crippen molar-refractivity contribution < 1.29 is 4.42 Å². The Morgan fingerprint density at radius 1 is 1.33 bits per heavy atom. The molecule has 4 nitrogen and oxygen atoms in total. The zero-order valence-electron chi connectivity index (χ0n) is 12.0. The Kier molecular flexibility index (Phi) is 3.22. The van der Waals surface area contributed by atoms with Crippen molar-refractivity contribution >= 4 is 39.6 Å². The van der Waals surface area contributed by atoms with Crippen LogP contribution in [0, 0.1) is 0 Å². The van der Waals surface area contributed by atoms with Crippen LogP contribution in [0.5, 0.6) is 0 Å². The summed E-state index contributed by atoms with van der Waals surface area (Å²) in [6.07, 6.45) is 6.27. The molecular formula is C16H17N3OS. The summed E-state index contributed by atoms with van der Waals surface area (Å²) >= 11 is 1.89. The lowest BCUT2D eigenvalue weighted by atomic mass is 10.2. The Hall–Kier alpha value is -1.75. The van der Waals surface area contributed by atoms with Gasteiger partial charge >= 0.3 is 0 Å². The molecule has 1 saturated heterocycles. The molecule has 5 heteroatoms. The van der Waals surface area contributed by atoms with Crippen molar-refractivity contribution in [1.29, 1.82) is 0 Å². The summed E-state index contributed by atoms with van der Waals surface area (Å²) in [5.41, 5.74) is 2.63. The largest absolute Gasteiger partial charge is 0.450 e. The molecule has 4 rings (SSSR count). The number of rotatable bonds is 3. The number of hydrogen-bond donors (Lipinski definition) is 0. The van der Waals surface area contributed by atoms with Crippen LogP contribution in [0.1, 0.15) is 12.8 Å². The SMILES string of the molecule is CSCC1CCCN1c1ncnc2c1oc1ccccc12. The van der Waals surface area contributed by atoms with E-state index in [0.717, 1.165) is 40.2 Å². The molecule has 21 heavy (non-hydrogen) atoms. The number of benzene rings is 1. The van der Waals surface area contributed by atoms with E-state index in [0.29, 0.717) is 6.04 Å². The van der Waals surface area contributed by atoms with E-state index in [2.05, 4.69) is 27.2 Å². The minimum absolute atomic E-state index is 0.548. The maximum absolute atomic E-state index is 6.05. The molecule has 0 N–H and O–H groups in total. The molecule has 3 heterocycles. The smallest absolute Gasteiger partial charge is 0.196 e. The van der Waals surface area contributed by atoms with E-state index < -0.39 is 0 Å². The van der Waals surface area contributed by atoms with Crippen LogP contribution in [-0.2, 0) is 0 Å². The topological polar surface area (TPSA) is 42.2 Å². The molecule has 108 valence electrons. The van der Waals surface area contributed by atoms with Crippen molar-refractivity contribution in [1.82, 2.24) is 9.97 Å². The molecule has 2 aromatic heterocycles. The lowest BCUT2D eigenvalue weighted by Gasteiger charge is -2.24. The highest BCUT2D eigenvalue weighted by molar-refractivity contribution is 7.98. The van der Waals surface area contributed by atoms with E-state index in [1.165, 1.54) is 12.8 Å². The van der Waals surface area contributed by atoms with Gasteiger partial charge in [0.05, 0.1) is 0 Å². The predicted octanol–water partition coefficient (Wildman–Crippen LogP) is 3.71. The van der Waals surface area contributed by atoms with Gasteiger partial charge in [-0.1, -0.05) is 12.1 Å². The van der Waals surface area contributed by atoms with Gasteiger partial charge in [-0.2, -0.15) is 11.8 Å². The molecule has 0 bridgehead atoms. The summed E-state index contributed by atoms with van der Waals surface area (Å²) in [4.78, 5) is 11.4. The summed E-state index contributed by atoms with van der Waals surface area (Å²) in [6, 6.07) is 8.60. The van der Waals surface area contributed by atoms with Crippen molar-refractivity contribution in [2.75, 3.05) is 23.5 Å². The molecule has 0 aliphatic carbocycles. The Morgan fingerprint density at radius 2 is 2.24 bits per heavy atom. The summed E-state index contributed by atoms with van der Waals surface area (Å²) in [5.74, 6) is 2.08. The minimum Gasteiger partial charge on any atom is -0.450 e. The number of hydrogen-bond acceptors (Lipinski definition) is 5. The molecule has 1 fully saturated rings. The highest BCUT2D eigenvalue weighted by Gasteiger charge is 2.28. The van der Waals surface area contributed by atoms with E-state index in [1.807, 2.05) is 30.0 Å². The molecule has 0 radical (unpaired) electrons. The zero-order chi connectivity index (χ0) is 14.2. The van der Waals surface area contributed by atoms with Gasteiger partial charge in [0, 0.05) is 23.7 Å². The second-order valence-electron chi connectivity index (χ2n) is 5.42. The van der Waals surface area contributed by atoms with E-state index in [1.54, 1.807) is 6.33 Å². The van der Waals surface area contributed by atoms with Gasteiger partial charge in [0.2, 0.25) is 0 Å². The number of furan rings is 1. The molecule has 0 amide bonds. The van der Waals surface area contributed by atoms with Gasteiger partial charge in [-0.25, -0.2) is 9.97 Å². The number of fused-ring (bicyclic) bond motifs is 3. The highest BCUT2D eigenvalue weighted by atomic mass is 32.2. The second-order valence-corrected chi connectivity index (χ2v) is 6.33. The van der Waals surface area contributed by atoms with Crippen LogP contribution in [0.25, 0.3) is 22.1 Å². The summed E-state index contributed by atoms with van der Waals surface area (Å²) in [5, 5.41) is 1.07. The van der Waals surface area contributed by atoms with Crippen molar-refractivity contribution in [2.45, 2.75) is 18.9 Å². The lowest BCUT2D eigenvalue weighted by molar-refractivity contribution is 0.656. The Bertz CT molecular complexity index is 785. The number of para-hydroxylation sites is 1. The Labute approximate surface area is 127 Å². The summed E-state index contributed by atoms with van der Waals surface area (Å²) in [7, 11) is 0. The van der Waals surface area contributed by atoms with Crippen molar-refractivity contribution in [3.63, 3.8) is 0 Å². The average Bonchev–Trinajstić information content (AvgIpc) is 3.11. The fourth-order valence-electron chi connectivity index (χ4n) is 3.20. The van der Waals surface area contributed by atoms with Crippen molar-refractivity contribution in [3.8, 4) is 0 Å². The van der Waals surface area contributed by atoms with Crippen LogP contribution in [0.2, 0.25) is 0 Å². The first-order valence-electron chi connectivity index (χ1n) is 7.26. The van der Waals surface area contributed by atoms with Gasteiger partial charge in [-0.05, 0) is 31.2 Å².